The number of aromatic nitrogens is 1. The minimum atomic E-state index is -0.395. The molecule has 0 bridgehead atoms. The van der Waals surface area contributed by atoms with E-state index in [4.69, 9.17) is 4.98 Å². The minimum absolute atomic E-state index is 0.180. The molecular formula is C26H23FN2O. The number of pyridine rings is 1. The van der Waals surface area contributed by atoms with Crippen molar-refractivity contribution in [3.8, 4) is 11.3 Å². The van der Waals surface area contributed by atoms with E-state index in [1.165, 1.54) is 17.7 Å². The van der Waals surface area contributed by atoms with Gasteiger partial charge in [-0.3, -0.25) is 4.79 Å². The number of carbonyl (C=O) groups is 1. The zero-order valence-electron chi connectivity index (χ0n) is 17.2. The van der Waals surface area contributed by atoms with Gasteiger partial charge in [-0.1, -0.05) is 42.5 Å². The van der Waals surface area contributed by atoms with Gasteiger partial charge in [0.15, 0.2) is 0 Å². The van der Waals surface area contributed by atoms with Gasteiger partial charge in [0.2, 0.25) is 0 Å². The van der Waals surface area contributed by atoms with E-state index in [9.17, 15) is 9.18 Å². The van der Waals surface area contributed by atoms with Crippen molar-refractivity contribution in [1.82, 2.24) is 10.3 Å². The predicted molar refractivity (Wildman–Crippen MR) is 119 cm³/mol. The molecule has 0 aliphatic heterocycles. The maximum atomic E-state index is 14.0. The molecule has 4 aromatic rings. The lowest BCUT2D eigenvalue weighted by atomic mass is 10.00. The van der Waals surface area contributed by atoms with Crippen LogP contribution in [0.15, 0.2) is 72.8 Å². The average molecular weight is 398 g/mol. The largest absolute Gasteiger partial charge is 0.345 e. The SMILES string of the molecule is Cc1ccc(-c2cc(C(=O)NC(C)c3ccccc3)c3cc(F)ccc3n2)cc1C. The zero-order valence-corrected chi connectivity index (χ0v) is 17.2. The Labute approximate surface area is 175 Å². The molecule has 1 N–H and O–H groups in total. The molecule has 0 radical (unpaired) electrons. The van der Waals surface area contributed by atoms with E-state index in [0.29, 0.717) is 22.2 Å². The van der Waals surface area contributed by atoms with Gasteiger partial charge in [0.1, 0.15) is 5.82 Å². The molecule has 1 aromatic heterocycles. The van der Waals surface area contributed by atoms with Crippen LogP contribution in [0.3, 0.4) is 0 Å². The fraction of sp³-hybridized carbons (Fsp3) is 0.154. The number of rotatable bonds is 4. The highest BCUT2D eigenvalue weighted by atomic mass is 19.1. The van der Waals surface area contributed by atoms with E-state index < -0.39 is 5.82 Å². The molecular weight excluding hydrogens is 375 g/mol. The van der Waals surface area contributed by atoms with Crippen LogP contribution in [0.4, 0.5) is 4.39 Å². The summed E-state index contributed by atoms with van der Waals surface area (Å²) in [6.45, 7) is 6.03. The maximum Gasteiger partial charge on any atom is 0.252 e. The molecule has 0 saturated carbocycles. The monoisotopic (exact) mass is 398 g/mol. The first-order valence-corrected chi connectivity index (χ1v) is 9.96. The summed E-state index contributed by atoms with van der Waals surface area (Å²) in [6, 6.07) is 21.8. The molecule has 0 spiro atoms. The van der Waals surface area contributed by atoms with Crippen LogP contribution in [0.2, 0.25) is 0 Å². The Morgan fingerprint density at radius 2 is 1.70 bits per heavy atom. The van der Waals surface area contributed by atoms with Crippen molar-refractivity contribution in [2.24, 2.45) is 0 Å². The molecule has 0 aliphatic carbocycles. The van der Waals surface area contributed by atoms with Gasteiger partial charge < -0.3 is 5.32 Å². The van der Waals surface area contributed by atoms with Gasteiger partial charge >= 0.3 is 0 Å². The number of halogens is 1. The highest BCUT2D eigenvalue weighted by Crippen LogP contribution is 2.27. The summed E-state index contributed by atoms with van der Waals surface area (Å²) in [5.74, 6) is -0.650. The second kappa shape index (κ2) is 8.07. The number of hydrogen-bond acceptors (Lipinski definition) is 2. The third kappa shape index (κ3) is 3.94. The molecule has 0 aliphatic rings. The quantitative estimate of drug-likeness (QED) is 0.448. The first kappa shape index (κ1) is 19.8. The summed E-state index contributed by atoms with van der Waals surface area (Å²) in [5, 5.41) is 3.53. The number of amides is 1. The number of hydrogen-bond donors (Lipinski definition) is 1. The van der Waals surface area contributed by atoms with Crippen molar-refractivity contribution in [1.29, 1.82) is 0 Å². The normalized spacial score (nSPS) is 12.0. The second-order valence-electron chi connectivity index (χ2n) is 7.62. The van der Waals surface area contributed by atoms with Crippen LogP contribution in [0.1, 0.15) is 40.0 Å². The summed E-state index contributed by atoms with van der Waals surface area (Å²) in [4.78, 5) is 17.9. The summed E-state index contributed by atoms with van der Waals surface area (Å²) < 4.78 is 14.0. The van der Waals surface area contributed by atoms with Crippen LogP contribution in [-0.4, -0.2) is 10.9 Å². The Kier molecular flexibility index (Phi) is 5.32. The number of carbonyl (C=O) groups excluding carboxylic acids is 1. The van der Waals surface area contributed by atoms with Crippen molar-refractivity contribution in [2.45, 2.75) is 26.8 Å². The Hall–Kier alpha value is -3.53. The number of nitrogens with zero attached hydrogens (tertiary/aromatic N) is 1. The Bertz CT molecular complexity index is 1230. The van der Waals surface area contributed by atoms with Crippen LogP contribution in [-0.2, 0) is 0 Å². The Morgan fingerprint density at radius 3 is 2.43 bits per heavy atom. The number of fused-ring (bicyclic) bond motifs is 1. The van der Waals surface area contributed by atoms with Gasteiger partial charge in [0, 0.05) is 10.9 Å². The minimum Gasteiger partial charge on any atom is -0.345 e. The highest BCUT2D eigenvalue weighted by Gasteiger charge is 2.17. The molecule has 4 heteroatoms. The number of aryl methyl sites for hydroxylation is 2. The first-order chi connectivity index (χ1) is 14.4. The van der Waals surface area contributed by atoms with Crippen LogP contribution in [0.25, 0.3) is 22.2 Å². The van der Waals surface area contributed by atoms with Gasteiger partial charge in [-0.15, -0.1) is 0 Å². The van der Waals surface area contributed by atoms with Crippen molar-refractivity contribution < 1.29 is 9.18 Å². The topological polar surface area (TPSA) is 42.0 Å². The third-order valence-corrected chi connectivity index (χ3v) is 5.47. The molecule has 3 aromatic carbocycles. The van der Waals surface area contributed by atoms with Crippen LogP contribution < -0.4 is 5.32 Å². The Balaban J connectivity index is 1.79. The van der Waals surface area contributed by atoms with Crippen LogP contribution >= 0.6 is 0 Å². The fourth-order valence-electron chi connectivity index (χ4n) is 3.53. The molecule has 1 unspecified atom stereocenters. The molecule has 0 fully saturated rings. The summed E-state index contributed by atoms with van der Waals surface area (Å²) >= 11 is 0. The summed E-state index contributed by atoms with van der Waals surface area (Å²) in [7, 11) is 0. The smallest absolute Gasteiger partial charge is 0.252 e. The Morgan fingerprint density at radius 1 is 0.933 bits per heavy atom. The number of nitrogens with one attached hydrogen (secondary N) is 1. The molecule has 30 heavy (non-hydrogen) atoms. The van der Waals surface area contributed by atoms with Gasteiger partial charge in [-0.2, -0.15) is 0 Å². The molecule has 3 nitrogen and oxygen atoms in total. The van der Waals surface area contributed by atoms with Gasteiger partial charge in [-0.05, 0) is 67.8 Å². The molecule has 1 atom stereocenters. The summed E-state index contributed by atoms with van der Waals surface area (Å²) in [6.07, 6.45) is 0. The lowest BCUT2D eigenvalue weighted by Gasteiger charge is -2.16. The fourth-order valence-corrected chi connectivity index (χ4v) is 3.53. The zero-order chi connectivity index (χ0) is 21.3. The van der Waals surface area contributed by atoms with Gasteiger partial charge in [0.05, 0.1) is 22.8 Å². The van der Waals surface area contributed by atoms with E-state index in [-0.39, 0.29) is 11.9 Å². The molecule has 4 rings (SSSR count). The lowest BCUT2D eigenvalue weighted by molar-refractivity contribution is 0.0941. The molecule has 150 valence electrons. The van der Waals surface area contributed by atoms with Crippen molar-refractivity contribution in [3.63, 3.8) is 0 Å². The van der Waals surface area contributed by atoms with E-state index in [0.717, 1.165) is 16.7 Å². The van der Waals surface area contributed by atoms with Crippen molar-refractivity contribution >= 4 is 16.8 Å². The molecule has 1 amide bonds. The van der Waals surface area contributed by atoms with Crippen LogP contribution in [0.5, 0.6) is 0 Å². The third-order valence-electron chi connectivity index (χ3n) is 5.47. The second-order valence-corrected chi connectivity index (χ2v) is 7.62. The predicted octanol–water partition coefficient (Wildman–Crippen LogP) is 6.15. The van der Waals surface area contributed by atoms with E-state index in [1.807, 2.05) is 56.3 Å². The lowest BCUT2D eigenvalue weighted by Crippen LogP contribution is -2.27. The standard InChI is InChI=1S/C26H23FN2O/c1-16-9-10-20(13-17(16)2)25-15-23(22-14-21(27)11-12-24(22)29-25)26(30)28-18(3)19-7-5-4-6-8-19/h4-15,18H,1-3H3,(H,28,30). The average Bonchev–Trinajstić information content (AvgIpc) is 2.75. The summed E-state index contributed by atoms with van der Waals surface area (Å²) in [5.41, 5.74) is 5.96. The van der Waals surface area contributed by atoms with Crippen molar-refractivity contribution in [3.05, 3.63) is 101 Å². The first-order valence-electron chi connectivity index (χ1n) is 9.96. The van der Waals surface area contributed by atoms with Gasteiger partial charge in [0.25, 0.3) is 5.91 Å². The molecule has 0 saturated heterocycles. The van der Waals surface area contributed by atoms with Crippen LogP contribution in [0, 0.1) is 19.7 Å². The number of benzene rings is 3. The van der Waals surface area contributed by atoms with E-state index >= 15 is 0 Å². The van der Waals surface area contributed by atoms with Gasteiger partial charge in [-0.25, -0.2) is 9.37 Å². The van der Waals surface area contributed by atoms with E-state index in [1.54, 1.807) is 12.1 Å². The highest BCUT2D eigenvalue weighted by molar-refractivity contribution is 6.07. The van der Waals surface area contributed by atoms with Crippen molar-refractivity contribution in [2.75, 3.05) is 0 Å². The maximum absolute atomic E-state index is 14.0. The molecule has 1 heterocycles. The van der Waals surface area contributed by atoms with E-state index in [2.05, 4.69) is 18.3 Å².